The van der Waals surface area contributed by atoms with E-state index in [0.29, 0.717) is 26.0 Å². The topological polar surface area (TPSA) is 46.6 Å². The number of hydrogen-bond donors (Lipinski definition) is 0. The number of amides is 1. The van der Waals surface area contributed by atoms with Gasteiger partial charge in [-0.05, 0) is 24.8 Å². The molecule has 1 aliphatic rings. The molecule has 0 aromatic heterocycles. The third kappa shape index (κ3) is 3.59. The molecular weight excluding hydrogens is 254 g/mol. The summed E-state index contributed by atoms with van der Waals surface area (Å²) >= 11 is 0. The molecule has 1 heterocycles. The molecule has 1 saturated heterocycles. The Bertz CT molecular complexity index is 458. The highest BCUT2D eigenvalue weighted by Gasteiger charge is 2.34. The predicted molar refractivity (Wildman–Crippen MR) is 76.1 cm³/mol. The number of ether oxygens (including phenoxy) is 1. The maximum Gasteiger partial charge on any atom is 0.328 e. The Labute approximate surface area is 119 Å². The van der Waals surface area contributed by atoms with Crippen molar-refractivity contribution in [2.75, 3.05) is 13.2 Å². The van der Waals surface area contributed by atoms with Gasteiger partial charge >= 0.3 is 5.97 Å². The van der Waals surface area contributed by atoms with Gasteiger partial charge in [-0.1, -0.05) is 37.3 Å². The molecule has 1 aliphatic heterocycles. The van der Waals surface area contributed by atoms with Crippen molar-refractivity contribution in [3.63, 3.8) is 0 Å². The van der Waals surface area contributed by atoms with E-state index >= 15 is 0 Å². The highest BCUT2D eigenvalue weighted by molar-refractivity contribution is 5.86. The highest BCUT2D eigenvalue weighted by atomic mass is 16.5. The summed E-state index contributed by atoms with van der Waals surface area (Å²) in [5.41, 5.74) is 0.977. The number of rotatable bonds is 5. The van der Waals surface area contributed by atoms with Crippen molar-refractivity contribution in [1.29, 1.82) is 0 Å². The Kier molecular flexibility index (Phi) is 5.16. The number of carbonyl (C=O) groups is 2. The van der Waals surface area contributed by atoms with Gasteiger partial charge in [-0.15, -0.1) is 0 Å². The van der Waals surface area contributed by atoms with Crippen molar-refractivity contribution in [2.24, 2.45) is 0 Å². The summed E-state index contributed by atoms with van der Waals surface area (Å²) in [7, 11) is 0. The lowest BCUT2D eigenvalue weighted by Gasteiger charge is -2.23. The fraction of sp³-hybridized carbons (Fsp3) is 0.500. The summed E-state index contributed by atoms with van der Waals surface area (Å²) in [6.07, 6.45) is 2.73. The number of hydrogen-bond acceptors (Lipinski definition) is 3. The quantitative estimate of drug-likeness (QED) is 0.774. The van der Waals surface area contributed by atoms with Gasteiger partial charge in [-0.3, -0.25) is 4.79 Å². The normalized spacial score (nSPS) is 18.1. The zero-order valence-electron chi connectivity index (χ0n) is 11.9. The van der Waals surface area contributed by atoms with Crippen LogP contribution in [0.15, 0.2) is 30.3 Å². The van der Waals surface area contributed by atoms with E-state index < -0.39 is 6.04 Å². The van der Waals surface area contributed by atoms with E-state index in [-0.39, 0.29) is 11.9 Å². The minimum atomic E-state index is -0.391. The molecule has 1 unspecified atom stereocenters. The summed E-state index contributed by atoms with van der Waals surface area (Å²) in [6, 6.07) is 9.22. The van der Waals surface area contributed by atoms with Gasteiger partial charge in [-0.25, -0.2) is 4.79 Å². The highest BCUT2D eigenvalue weighted by Crippen LogP contribution is 2.20. The SMILES string of the molecule is CCCOC(=O)C1CCCN1C(=O)Cc1ccccc1. The molecule has 1 aromatic rings. The van der Waals surface area contributed by atoms with E-state index in [1.165, 1.54) is 0 Å². The molecule has 1 aromatic carbocycles. The summed E-state index contributed by atoms with van der Waals surface area (Å²) < 4.78 is 5.17. The van der Waals surface area contributed by atoms with Crippen LogP contribution in [0.5, 0.6) is 0 Å². The molecular formula is C16H21NO3. The molecule has 1 fully saturated rings. The summed E-state index contributed by atoms with van der Waals surface area (Å²) in [4.78, 5) is 25.9. The van der Waals surface area contributed by atoms with E-state index in [9.17, 15) is 9.59 Å². The maximum atomic E-state index is 12.3. The molecule has 1 amide bonds. The van der Waals surface area contributed by atoms with Crippen LogP contribution in [0, 0.1) is 0 Å². The van der Waals surface area contributed by atoms with E-state index in [4.69, 9.17) is 4.74 Å². The van der Waals surface area contributed by atoms with Gasteiger partial charge in [0.05, 0.1) is 13.0 Å². The minimum Gasteiger partial charge on any atom is -0.464 e. The van der Waals surface area contributed by atoms with Crippen molar-refractivity contribution in [2.45, 2.75) is 38.6 Å². The average Bonchev–Trinajstić information content (AvgIpc) is 2.95. The zero-order chi connectivity index (χ0) is 14.4. The second kappa shape index (κ2) is 7.08. The lowest BCUT2D eigenvalue weighted by atomic mass is 10.1. The van der Waals surface area contributed by atoms with Crippen molar-refractivity contribution >= 4 is 11.9 Å². The van der Waals surface area contributed by atoms with Crippen LogP contribution in [-0.4, -0.2) is 36.0 Å². The lowest BCUT2D eigenvalue weighted by Crippen LogP contribution is -2.42. The Hall–Kier alpha value is -1.84. The molecule has 0 bridgehead atoms. The van der Waals surface area contributed by atoms with Crippen LogP contribution in [0.3, 0.4) is 0 Å². The van der Waals surface area contributed by atoms with Crippen molar-refractivity contribution in [3.8, 4) is 0 Å². The number of likely N-dealkylation sites (tertiary alicyclic amines) is 1. The third-order valence-corrected chi connectivity index (χ3v) is 3.49. The second-order valence-electron chi connectivity index (χ2n) is 5.08. The zero-order valence-corrected chi connectivity index (χ0v) is 11.9. The number of nitrogens with zero attached hydrogens (tertiary/aromatic N) is 1. The van der Waals surface area contributed by atoms with Crippen molar-refractivity contribution in [3.05, 3.63) is 35.9 Å². The van der Waals surface area contributed by atoms with Crippen LogP contribution >= 0.6 is 0 Å². The smallest absolute Gasteiger partial charge is 0.328 e. The van der Waals surface area contributed by atoms with E-state index in [2.05, 4.69) is 0 Å². The molecule has 0 saturated carbocycles. The fourth-order valence-corrected chi connectivity index (χ4v) is 2.48. The molecule has 4 nitrogen and oxygen atoms in total. The van der Waals surface area contributed by atoms with Gasteiger partial charge in [0.25, 0.3) is 0 Å². The fourth-order valence-electron chi connectivity index (χ4n) is 2.48. The van der Waals surface area contributed by atoms with E-state index in [1.54, 1.807) is 4.90 Å². The predicted octanol–water partition coefficient (Wildman–Crippen LogP) is 2.17. The van der Waals surface area contributed by atoms with Crippen molar-refractivity contribution < 1.29 is 14.3 Å². The van der Waals surface area contributed by atoms with Gasteiger partial charge in [0.15, 0.2) is 0 Å². The van der Waals surface area contributed by atoms with E-state index in [1.807, 2.05) is 37.3 Å². The summed E-state index contributed by atoms with van der Waals surface area (Å²) in [5, 5.41) is 0. The molecule has 2 rings (SSSR count). The Morgan fingerprint density at radius 2 is 2.05 bits per heavy atom. The van der Waals surface area contributed by atoms with Crippen LogP contribution in [0.1, 0.15) is 31.7 Å². The molecule has 0 N–H and O–H groups in total. The monoisotopic (exact) mass is 275 g/mol. The largest absolute Gasteiger partial charge is 0.464 e. The molecule has 4 heteroatoms. The first-order valence-electron chi connectivity index (χ1n) is 7.22. The number of benzene rings is 1. The molecule has 1 atom stereocenters. The van der Waals surface area contributed by atoms with E-state index in [0.717, 1.165) is 18.4 Å². The van der Waals surface area contributed by atoms with Crippen LogP contribution in [0.2, 0.25) is 0 Å². The first kappa shape index (κ1) is 14.6. The van der Waals surface area contributed by atoms with Crippen LogP contribution in [0.25, 0.3) is 0 Å². The molecule has 0 aliphatic carbocycles. The van der Waals surface area contributed by atoms with Crippen LogP contribution in [-0.2, 0) is 20.7 Å². The van der Waals surface area contributed by atoms with Crippen LogP contribution in [0.4, 0.5) is 0 Å². The molecule has 0 radical (unpaired) electrons. The van der Waals surface area contributed by atoms with Gasteiger partial charge in [-0.2, -0.15) is 0 Å². The second-order valence-corrected chi connectivity index (χ2v) is 5.08. The first-order chi connectivity index (χ1) is 9.72. The van der Waals surface area contributed by atoms with Gasteiger partial charge in [0.2, 0.25) is 5.91 Å². The Balaban J connectivity index is 1.96. The van der Waals surface area contributed by atoms with Crippen molar-refractivity contribution in [1.82, 2.24) is 4.90 Å². The summed E-state index contributed by atoms with van der Waals surface area (Å²) in [5.74, 6) is -0.252. The Morgan fingerprint density at radius 3 is 2.75 bits per heavy atom. The molecule has 108 valence electrons. The van der Waals surface area contributed by atoms with Gasteiger partial charge < -0.3 is 9.64 Å². The Morgan fingerprint density at radius 1 is 1.30 bits per heavy atom. The maximum absolute atomic E-state index is 12.3. The first-order valence-corrected chi connectivity index (χ1v) is 7.22. The summed E-state index contributed by atoms with van der Waals surface area (Å²) in [6.45, 7) is 3.04. The lowest BCUT2D eigenvalue weighted by molar-refractivity contribution is -0.153. The average molecular weight is 275 g/mol. The number of esters is 1. The minimum absolute atomic E-state index is 0.00662. The molecule has 20 heavy (non-hydrogen) atoms. The number of carbonyl (C=O) groups excluding carboxylic acids is 2. The van der Waals surface area contributed by atoms with Gasteiger partial charge in [0.1, 0.15) is 6.04 Å². The standard InChI is InChI=1S/C16H21NO3/c1-2-11-20-16(19)14-9-6-10-17(14)15(18)12-13-7-4-3-5-8-13/h3-5,7-8,14H,2,6,9-12H2,1H3. The third-order valence-electron chi connectivity index (χ3n) is 3.49. The van der Waals surface area contributed by atoms with Crippen LogP contribution < -0.4 is 0 Å². The molecule has 0 spiro atoms. The van der Waals surface area contributed by atoms with Gasteiger partial charge in [0, 0.05) is 6.54 Å².